The average molecular weight is 484 g/mol. The molecule has 1 aliphatic heterocycles. The number of rotatable bonds is 6. The first-order valence-electron chi connectivity index (χ1n) is 10.2. The highest BCUT2D eigenvalue weighted by Gasteiger charge is 2.35. The van der Waals surface area contributed by atoms with Crippen LogP contribution in [0.3, 0.4) is 0 Å². The number of hydrogen-bond donors (Lipinski definition) is 0. The van der Waals surface area contributed by atoms with Gasteiger partial charge in [0.05, 0.1) is 34.9 Å². The molecule has 0 N–H and O–H groups in total. The van der Waals surface area contributed by atoms with E-state index in [2.05, 4.69) is 15.0 Å². The molecule has 3 aromatic heterocycles. The molecule has 0 saturated carbocycles. The van der Waals surface area contributed by atoms with E-state index < -0.39 is 10.0 Å². The Balaban J connectivity index is 1.54. The summed E-state index contributed by atoms with van der Waals surface area (Å²) in [6.07, 6.45) is 4.49. The molecule has 1 fully saturated rings. The number of fused-ring (bicyclic) bond motifs is 1. The molecule has 11 heteroatoms. The quantitative estimate of drug-likeness (QED) is 0.412. The first-order valence-corrected chi connectivity index (χ1v) is 12.5. The monoisotopic (exact) mass is 483 g/mol. The Bertz CT molecular complexity index is 1310. The van der Waals surface area contributed by atoms with Gasteiger partial charge in [0.1, 0.15) is 11.3 Å². The van der Waals surface area contributed by atoms with Crippen LogP contribution >= 0.6 is 11.3 Å². The topological polar surface area (TPSA) is 97.8 Å². The van der Waals surface area contributed by atoms with Crippen molar-refractivity contribution in [1.82, 2.24) is 20.0 Å². The van der Waals surface area contributed by atoms with Gasteiger partial charge in [0, 0.05) is 43.2 Å². The Hall–Kier alpha value is -3.12. The smallest absolute Gasteiger partial charge is 0.278 e. The molecule has 0 amide bonds. The number of morpholine rings is 1. The van der Waals surface area contributed by atoms with Crippen molar-refractivity contribution in [3.63, 3.8) is 0 Å². The molecule has 4 aromatic rings. The largest absolute Gasteiger partial charge is 0.481 e. The highest BCUT2D eigenvalue weighted by atomic mass is 32.2. The zero-order chi connectivity index (χ0) is 22.8. The average Bonchev–Trinajstić information content (AvgIpc) is 3.28. The second-order valence-electron chi connectivity index (χ2n) is 7.32. The lowest BCUT2D eigenvalue weighted by molar-refractivity contribution is -0.0278. The van der Waals surface area contributed by atoms with Crippen molar-refractivity contribution < 1.29 is 17.9 Å². The first kappa shape index (κ1) is 21.7. The molecule has 1 aliphatic rings. The molecule has 0 bridgehead atoms. The number of ether oxygens (including phenoxy) is 2. The maximum Gasteiger partial charge on any atom is 0.278 e. The van der Waals surface area contributed by atoms with E-state index in [1.165, 1.54) is 22.1 Å². The molecule has 9 nitrogen and oxygen atoms in total. The standard InChI is InChI=1S/C22H21N5O4S2/c1-30-21-8-7-16(12-24-21)19-14-26(9-10-31-19)27(33(28,29)17-5-3-2-4-6-17)22-11-18-20(32-22)13-23-15-25-18/h2-8,11-13,15,19H,9-10,14H2,1H3. The summed E-state index contributed by atoms with van der Waals surface area (Å²) < 4.78 is 40.9. The van der Waals surface area contributed by atoms with Crippen LogP contribution in [0.25, 0.3) is 10.2 Å². The fraction of sp³-hybridized carbons (Fsp3) is 0.227. The van der Waals surface area contributed by atoms with E-state index in [-0.39, 0.29) is 11.0 Å². The molecule has 1 unspecified atom stereocenters. The van der Waals surface area contributed by atoms with Crippen LogP contribution in [0.5, 0.6) is 5.88 Å². The Morgan fingerprint density at radius 1 is 1.15 bits per heavy atom. The maximum absolute atomic E-state index is 13.8. The number of methoxy groups -OCH3 is 1. The lowest BCUT2D eigenvalue weighted by Crippen LogP contribution is -2.52. The minimum absolute atomic E-state index is 0.211. The van der Waals surface area contributed by atoms with Gasteiger partial charge in [-0.1, -0.05) is 18.2 Å². The van der Waals surface area contributed by atoms with E-state index in [0.29, 0.717) is 36.1 Å². The molecule has 1 aromatic carbocycles. The minimum Gasteiger partial charge on any atom is -0.481 e. The number of hydrogen-bond acceptors (Lipinski definition) is 9. The molecule has 4 heterocycles. The van der Waals surface area contributed by atoms with E-state index >= 15 is 0 Å². The molecule has 1 atom stereocenters. The third kappa shape index (κ3) is 4.27. The van der Waals surface area contributed by atoms with Gasteiger partial charge in [0.2, 0.25) is 5.88 Å². The first-order chi connectivity index (χ1) is 16.1. The van der Waals surface area contributed by atoms with Crippen LogP contribution in [-0.2, 0) is 14.8 Å². The fourth-order valence-electron chi connectivity index (χ4n) is 3.67. The van der Waals surface area contributed by atoms with Gasteiger partial charge in [0.25, 0.3) is 10.0 Å². The SMILES string of the molecule is COc1ccc(C2CN(N(c3cc4ncncc4s3)S(=O)(=O)c3ccccc3)CCO2)cn1. The molecule has 1 saturated heterocycles. The summed E-state index contributed by atoms with van der Waals surface area (Å²) in [5, 5.41) is 2.35. The van der Waals surface area contributed by atoms with Gasteiger partial charge in [-0.2, -0.15) is 12.8 Å². The lowest BCUT2D eigenvalue weighted by atomic mass is 10.1. The Kier molecular flexibility index (Phi) is 5.94. The van der Waals surface area contributed by atoms with Gasteiger partial charge in [-0.25, -0.2) is 20.0 Å². The van der Waals surface area contributed by atoms with Gasteiger partial charge in [-0.3, -0.25) is 0 Å². The maximum atomic E-state index is 13.8. The Labute approximate surface area is 195 Å². The number of sulfonamides is 1. The van der Waals surface area contributed by atoms with Crippen molar-refractivity contribution in [3.8, 4) is 5.88 Å². The highest BCUT2D eigenvalue weighted by Crippen LogP contribution is 2.37. The van der Waals surface area contributed by atoms with Crippen molar-refractivity contribution in [2.24, 2.45) is 0 Å². The predicted molar refractivity (Wildman–Crippen MR) is 125 cm³/mol. The summed E-state index contributed by atoms with van der Waals surface area (Å²) >= 11 is 1.33. The molecule has 5 rings (SSSR count). The molecule has 170 valence electrons. The van der Waals surface area contributed by atoms with E-state index in [0.717, 1.165) is 10.3 Å². The summed E-state index contributed by atoms with van der Waals surface area (Å²) in [4.78, 5) is 12.8. The van der Waals surface area contributed by atoms with Crippen LogP contribution in [-0.4, -0.2) is 55.2 Å². The van der Waals surface area contributed by atoms with Gasteiger partial charge in [0.15, 0.2) is 0 Å². The number of hydrazine groups is 1. The van der Waals surface area contributed by atoms with E-state index in [1.807, 2.05) is 6.07 Å². The van der Waals surface area contributed by atoms with E-state index in [1.54, 1.807) is 67.0 Å². The van der Waals surface area contributed by atoms with Crippen LogP contribution in [0.4, 0.5) is 5.00 Å². The summed E-state index contributed by atoms with van der Waals surface area (Å²) in [7, 11) is -2.33. The number of anilines is 1. The normalized spacial score (nSPS) is 17.2. The van der Waals surface area contributed by atoms with Gasteiger partial charge >= 0.3 is 0 Å². The highest BCUT2D eigenvalue weighted by molar-refractivity contribution is 7.93. The summed E-state index contributed by atoms with van der Waals surface area (Å²) in [5.41, 5.74) is 1.54. The Morgan fingerprint density at radius 3 is 2.73 bits per heavy atom. The van der Waals surface area contributed by atoms with E-state index in [9.17, 15) is 8.42 Å². The summed E-state index contributed by atoms with van der Waals surface area (Å²) in [5.74, 6) is 0.506. The van der Waals surface area contributed by atoms with Crippen molar-refractivity contribution in [1.29, 1.82) is 0 Å². The number of pyridine rings is 1. The number of nitrogens with zero attached hydrogens (tertiary/aromatic N) is 5. The third-order valence-corrected chi connectivity index (χ3v) is 8.18. The van der Waals surface area contributed by atoms with Crippen molar-refractivity contribution in [2.75, 3.05) is 31.2 Å². The Morgan fingerprint density at radius 2 is 2.00 bits per heavy atom. The molecule has 33 heavy (non-hydrogen) atoms. The number of aromatic nitrogens is 3. The van der Waals surface area contributed by atoms with Crippen molar-refractivity contribution >= 4 is 36.6 Å². The minimum atomic E-state index is -3.89. The molecule has 0 radical (unpaired) electrons. The molecular formula is C22H21N5O4S2. The van der Waals surface area contributed by atoms with Crippen molar-refractivity contribution in [3.05, 3.63) is 72.8 Å². The van der Waals surface area contributed by atoms with Gasteiger partial charge < -0.3 is 9.47 Å². The summed E-state index contributed by atoms with van der Waals surface area (Å²) in [6.45, 7) is 1.11. The number of benzene rings is 1. The lowest BCUT2D eigenvalue weighted by Gasteiger charge is -2.39. The van der Waals surface area contributed by atoms with Gasteiger partial charge in [-0.05, 0) is 18.2 Å². The predicted octanol–water partition coefficient (Wildman–Crippen LogP) is 3.28. The third-order valence-electron chi connectivity index (χ3n) is 5.28. The molecular weight excluding hydrogens is 462 g/mol. The van der Waals surface area contributed by atoms with E-state index in [4.69, 9.17) is 9.47 Å². The second-order valence-corrected chi connectivity index (χ2v) is 10.2. The zero-order valence-corrected chi connectivity index (χ0v) is 19.4. The number of thiophene rings is 1. The zero-order valence-electron chi connectivity index (χ0n) is 17.7. The second kappa shape index (κ2) is 9.02. The van der Waals surface area contributed by atoms with Crippen molar-refractivity contribution in [2.45, 2.75) is 11.0 Å². The molecule has 0 aliphatic carbocycles. The molecule has 0 spiro atoms. The fourth-order valence-corrected chi connectivity index (χ4v) is 6.44. The van der Waals surface area contributed by atoms with Crippen LogP contribution < -0.4 is 9.15 Å². The van der Waals surface area contributed by atoms with Crippen LogP contribution in [0.2, 0.25) is 0 Å². The van der Waals surface area contributed by atoms with Crippen LogP contribution in [0, 0.1) is 0 Å². The van der Waals surface area contributed by atoms with Crippen LogP contribution in [0.15, 0.2) is 72.1 Å². The summed E-state index contributed by atoms with van der Waals surface area (Å²) in [6, 6.07) is 13.8. The van der Waals surface area contributed by atoms with Gasteiger partial charge in [-0.15, -0.1) is 11.3 Å². The van der Waals surface area contributed by atoms with Crippen LogP contribution in [0.1, 0.15) is 11.7 Å².